The number of carbonyl (C=O) groups excluding carboxylic acids is 2. The highest BCUT2D eigenvalue weighted by Crippen LogP contribution is 2.35. The summed E-state index contributed by atoms with van der Waals surface area (Å²) in [7, 11) is 11.4. The van der Waals surface area contributed by atoms with Crippen LogP contribution in [0.4, 0.5) is 40.3 Å². The summed E-state index contributed by atoms with van der Waals surface area (Å²) in [5.74, 6) is 2.00. The molecule has 0 spiro atoms. The van der Waals surface area contributed by atoms with Crippen LogP contribution in [0.2, 0.25) is 0 Å². The minimum atomic E-state index is -0.144. The number of nitrogens with one attached hydrogen (secondary N) is 4. The molecule has 4 N–H and O–H groups in total. The van der Waals surface area contributed by atoms with E-state index in [1.807, 2.05) is 96.3 Å². The first kappa shape index (κ1) is 56.2. The molecule has 1 aliphatic rings. The number of ether oxygens (including phenoxy) is 2. The van der Waals surface area contributed by atoms with Crippen LogP contribution in [0, 0.1) is 0 Å². The molecule has 16 nitrogen and oxygen atoms in total. The summed E-state index contributed by atoms with van der Waals surface area (Å²) in [6, 6.07) is 32.2. The molecule has 0 saturated carbocycles. The normalized spacial score (nSPS) is 12.4. The number of hydrogen-bond acceptors (Lipinski definition) is 12. The summed E-state index contributed by atoms with van der Waals surface area (Å²) in [6.07, 6.45) is 12.8. The fourth-order valence-corrected chi connectivity index (χ4v) is 10.2. The fraction of sp³-hybridized carbons (Fsp3) is 0.311. The molecule has 0 atom stereocenters. The van der Waals surface area contributed by atoms with Crippen LogP contribution in [-0.2, 0) is 39.8 Å². The number of carbonyl (C=O) groups is 2. The van der Waals surface area contributed by atoms with Crippen molar-refractivity contribution >= 4 is 68.1 Å². The van der Waals surface area contributed by atoms with Crippen molar-refractivity contribution in [1.29, 1.82) is 0 Å². The summed E-state index contributed by atoms with van der Waals surface area (Å²) in [6.45, 7) is 10.4. The predicted molar refractivity (Wildman–Crippen MR) is 318 cm³/mol. The number of halogens is 1. The van der Waals surface area contributed by atoms with Gasteiger partial charge in [-0.1, -0.05) is 80.0 Å². The second-order valence-electron chi connectivity index (χ2n) is 19.4. The molecule has 0 aliphatic carbocycles. The molecule has 1 aliphatic heterocycles. The van der Waals surface area contributed by atoms with Crippen molar-refractivity contribution in [3.05, 3.63) is 160 Å². The van der Waals surface area contributed by atoms with Crippen LogP contribution in [0.1, 0.15) is 83.5 Å². The minimum Gasteiger partial charge on any atom is -0.495 e. The van der Waals surface area contributed by atoms with Gasteiger partial charge < -0.3 is 49.7 Å². The lowest BCUT2D eigenvalue weighted by Crippen LogP contribution is -2.41. The van der Waals surface area contributed by atoms with E-state index in [1.165, 1.54) is 0 Å². The minimum absolute atomic E-state index is 0.138. The van der Waals surface area contributed by atoms with Crippen LogP contribution < -0.4 is 35.6 Å². The Balaban J connectivity index is 0.000000210. The topological polar surface area (TPSA) is 169 Å². The quantitative estimate of drug-likeness (QED) is 0.0643. The lowest BCUT2D eigenvalue weighted by atomic mass is 10.0. The first-order valence-electron chi connectivity index (χ1n) is 26.5. The van der Waals surface area contributed by atoms with Crippen molar-refractivity contribution in [3.63, 3.8) is 0 Å². The molecular weight excluding hydrogens is 1040 g/mol. The molecule has 4 aromatic carbocycles. The number of methoxy groups -OCH3 is 2. The van der Waals surface area contributed by atoms with Crippen molar-refractivity contribution < 1.29 is 19.1 Å². The monoisotopic (exact) mass is 1110 g/mol. The van der Waals surface area contributed by atoms with Crippen LogP contribution in [0.25, 0.3) is 22.8 Å². The molecule has 9 rings (SSSR count). The largest absolute Gasteiger partial charge is 0.495 e. The van der Waals surface area contributed by atoms with Gasteiger partial charge in [-0.05, 0) is 129 Å². The van der Waals surface area contributed by atoms with E-state index in [0.29, 0.717) is 46.2 Å². The molecule has 1 fully saturated rings. The number of nitrogens with zero attached hydrogens (tertiary/aromatic N) is 8. The van der Waals surface area contributed by atoms with Crippen LogP contribution >= 0.6 is 15.9 Å². The van der Waals surface area contributed by atoms with E-state index in [4.69, 9.17) is 14.5 Å². The van der Waals surface area contributed by atoms with E-state index in [-0.39, 0.29) is 11.8 Å². The molecule has 1 saturated heterocycles. The van der Waals surface area contributed by atoms with Gasteiger partial charge in [0.25, 0.3) is 11.8 Å². The van der Waals surface area contributed by atoms with Crippen LogP contribution in [0.3, 0.4) is 0 Å². The third kappa shape index (κ3) is 13.2. The molecule has 4 aromatic heterocycles. The van der Waals surface area contributed by atoms with E-state index in [2.05, 4.69) is 140 Å². The summed E-state index contributed by atoms with van der Waals surface area (Å²) in [5.41, 5.74) is 13.2. The summed E-state index contributed by atoms with van der Waals surface area (Å²) < 4.78 is 15.9. The van der Waals surface area contributed by atoms with Crippen molar-refractivity contribution in [3.8, 4) is 34.3 Å². The highest BCUT2D eigenvalue weighted by Gasteiger charge is 2.23. The maximum atomic E-state index is 13.3. The van der Waals surface area contributed by atoms with Crippen molar-refractivity contribution in [2.24, 2.45) is 14.1 Å². The Morgan fingerprint density at radius 3 is 1.47 bits per heavy atom. The van der Waals surface area contributed by atoms with E-state index < -0.39 is 0 Å². The van der Waals surface area contributed by atoms with E-state index in [9.17, 15) is 9.59 Å². The van der Waals surface area contributed by atoms with Crippen molar-refractivity contribution in [2.75, 3.05) is 67.6 Å². The van der Waals surface area contributed by atoms with Gasteiger partial charge in [-0.25, -0.2) is 19.9 Å². The second kappa shape index (κ2) is 25.9. The van der Waals surface area contributed by atoms with Crippen LogP contribution in [-0.4, -0.2) is 93.2 Å². The number of rotatable bonds is 18. The lowest BCUT2D eigenvalue weighted by Gasteiger charge is -2.36. The number of hydrogen-bond donors (Lipinski definition) is 4. The van der Waals surface area contributed by atoms with Crippen molar-refractivity contribution in [1.82, 2.24) is 34.0 Å². The van der Waals surface area contributed by atoms with Gasteiger partial charge in [0, 0.05) is 85.6 Å². The highest BCUT2D eigenvalue weighted by molar-refractivity contribution is 9.10. The highest BCUT2D eigenvalue weighted by atomic mass is 79.9. The maximum absolute atomic E-state index is 13.3. The van der Waals surface area contributed by atoms with Gasteiger partial charge in [0.1, 0.15) is 11.5 Å². The number of aryl methyl sites for hydroxylation is 6. The predicted octanol–water partition coefficient (Wildman–Crippen LogP) is 12.5. The van der Waals surface area contributed by atoms with Gasteiger partial charge >= 0.3 is 0 Å². The van der Waals surface area contributed by atoms with Gasteiger partial charge in [-0.2, -0.15) is 0 Å². The Morgan fingerprint density at radius 1 is 0.615 bits per heavy atom. The molecule has 2 amide bonds. The van der Waals surface area contributed by atoms with Gasteiger partial charge in [0.05, 0.1) is 59.5 Å². The standard InChI is InChI=1S/C34H43N7O2.C27H28BrN5O2/c1-7-23-10-9-11-24(8-2)32(23)38-33(42)25-20-30(40(5)22-25)28-14-17-35-34(36-28)37-29-13-12-27(21-31(29)43-6)41-18-15-26(16-19-41)39(3)4;1-5-17-8-7-9-18(6-2)25(17)32-26(34)19-14-23(33(3)16-19)21-12-13-29-27(30-21)31-22-11-10-20(28)15-24(22)35-4/h9-14,17,20-22,26H,7-8,15-16,18-19H2,1-6H3,(H,38,42)(H,35,36,37);7-16H,5-6H2,1-4H3,(H,32,34)(H,29,30,31). The Morgan fingerprint density at radius 2 is 1.05 bits per heavy atom. The molecule has 5 heterocycles. The number of anilines is 7. The Hall–Kier alpha value is -8.02. The number of para-hydroxylation sites is 2. The Bertz CT molecular complexity index is 3340. The summed E-state index contributed by atoms with van der Waals surface area (Å²) >= 11 is 3.45. The number of aromatic nitrogens is 6. The van der Waals surface area contributed by atoms with Crippen LogP contribution in [0.15, 0.2) is 126 Å². The zero-order valence-electron chi connectivity index (χ0n) is 46.4. The lowest BCUT2D eigenvalue weighted by molar-refractivity contribution is 0.101. The number of piperidine rings is 1. The zero-order chi connectivity index (χ0) is 55.5. The third-order valence-electron chi connectivity index (χ3n) is 14.2. The van der Waals surface area contributed by atoms with Gasteiger partial charge in [-0.3, -0.25) is 9.59 Å². The SMILES string of the molecule is CCc1cccc(CC)c1NC(=O)c1cc(-c2ccnc(Nc3ccc(Br)cc3OC)n2)n(C)c1.CCc1cccc(CC)c1NC(=O)c1cc(-c2ccnc(Nc3ccc(N4CCC(N(C)C)CC4)cc3OC)n2)n(C)c1. The number of benzene rings is 4. The average molecular weight is 1120 g/mol. The molecule has 0 bridgehead atoms. The van der Waals surface area contributed by atoms with E-state index >= 15 is 0 Å². The zero-order valence-corrected chi connectivity index (χ0v) is 48.0. The average Bonchev–Trinajstić information content (AvgIpc) is 4.09. The first-order valence-corrected chi connectivity index (χ1v) is 27.3. The smallest absolute Gasteiger partial charge is 0.257 e. The maximum Gasteiger partial charge on any atom is 0.257 e. The molecule has 0 radical (unpaired) electrons. The fourth-order valence-electron chi connectivity index (χ4n) is 9.82. The summed E-state index contributed by atoms with van der Waals surface area (Å²) in [4.78, 5) is 49.5. The van der Waals surface area contributed by atoms with Crippen LogP contribution in [0.5, 0.6) is 11.5 Å². The Kier molecular flexibility index (Phi) is 18.6. The molecule has 78 heavy (non-hydrogen) atoms. The van der Waals surface area contributed by atoms with Gasteiger partial charge in [0.15, 0.2) is 0 Å². The van der Waals surface area contributed by atoms with Gasteiger partial charge in [-0.15, -0.1) is 0 Å². The first-order chi connectivity index (χ1) is 37.7. The molecule has 406 valence electrons. The third-order valence-corrected chi connectivity index (χ3v) is 14.7. The molecule has 17 heteroatoms. The second-order valence-corrected chi connectivity index (χ2v) is 20.3. The summed E-state index contributed by atoms with van der Waals surface area (Å²) in [5, 5.41) is 12.8. The van der Waals surface area contributed by atoms with E-state index in [0.717, 1.165) is 124 Å². The molecule has 8 aromatic rings. The molecular formula is C61H71BrN12O4. The molecule has 0 unspecified atom stereocenters. The van der Waals surface area contributed by atoms with Gasteiger partial charge in [0.2, 0.25) is 11.9 Å². The number of amides is 2. The van der Waals surface area contributed by atoms with Crippen molar-refractivity contribution in [2.45, 2.75) is 72.3 Å². The Labute approximate surface area is 466 Å². The van der Waals surface area contributed by atoms with E-state index in [1.54, 1.807) is 26.6 Å².